The summed E-state index contributed by atoms with van der Waals surface area (Å²) in [6.45, 7) is 6.20. The Bertz CT molecular complexity index is 906. The van der Waals surface area contributed by atoms with Crippen LogP contribution in [-0.2, 0) is 19.2 Å². The molecule has 2 amide bonds. The van der Waals surface area contributed by atoms with Crippen molar-refractivity contribution in [1.29, 1.82) is 0 Å². The second-order valence-electron chi connectivity index (χ2n) is 19.3. The van der Waals surface area contributed by atoms with Crippen molar-refractivity contribution in [2.24, 2.45) is 0 Å². The van der Waals surface area contributed by atoms with Crippen LogP contribution in [-0.4, -0.2) is 85.7 Å². The van der Waals surface area contributed by atoms with Crippen LogP contribution in [0.3, 0.4) is 0 Å². The number of rotatable bonds is 52. The van der Waals surface area contributed by atoms with E-state index >= 15 is 0 Å². The van der Waals surface area contributed by atoms with E-state index in [9.17, 15) is 29.4 Å². The number of carboxylic acids is 2. The Morgan fingerprint density at radius 3 is 0.631 bits per heavy atom. The molecule has 0 aliphatic carbocycles. The van der Waals surface area contributed by atoms with Crippen LogP contribution in [0.2, 0.25) is 0 Å². The van der Waals surface area contributed by atoms with Gasteiger partial charge in [0.15, 0.2) is 0 Å². The molecule has 0 saturated carbocycles. The van der Waals surface area contributed by atoms with Crippen molar-refractivity contribution >= 4 is 72.6 Å². The van der Waals surface area contributed by atoms with Crippen LogP contribution < -0.4 is 20.8 Å². The summed E-state index contributed by atoms with van der Waals surface area (Å²) in [5.74, 6) is -1.54. The van der Waals surface area contributed by atoms with Crippen molar-refractivity contribution in [3.63, 3.8) is 0 Å². The third-order valence-electron chi connectivity index (χ3n) is 12.8. The molecule has 0 atom stereocenters. The van der Waals surface area contributed by atoms with Gasteiger partial charge in [-0.15, -0.1) is 0 Å². The standard InChI is InChI=1S/2C28H55NO3.Ba/c2*1-2-3-4-5-6-7-8-9-10-11-12-13-14-17-20-23-26-29-27(30)24-21-18-15-16-19-22-25-28(31)32;/h2*2-26H2,1H3,(H,29,30)(H,31,32);/q;;+2/p-2. The third kappa shape index (κ3) is 67.8. The molecule has 0 aliphatic rings. The van der Waals surface area contributed by atoms with E-state index in [1.165, 1.54) is 193 Å². The van der Waals surface area contributed by atoms with E-state index in [-0.39, 0.29) is 73.5 Å². The van der Waals surface area contributed by atoms with E-state index in [1.807, 2.05) is 0 Å². The van der Waals surface area contributed by atoms with Gasteiger partial charge in [-0.1, -0.05) is 258 Å². The quantitative estimate of drug-likeness (QED) is 0.0460. The molecule has 9 heteroatoms. The Morgan fingerprint density at radius 2 is 0.431 bits per heavy atom. The molecule has 0 fully saturated rings. The summed E-state index contributed by atoms with van der Waals surface area (Å²) in [6.07, 6.45) is 57.0. The second-order valence-corrected chi connectivity index (χ2v) is 19.3. The fraction of sp³-hybridized carbons (Fsp3) is 0.929. The predicted octanol–water partition coefficient (Wildman–Crippen LogP) is 14.1. The molecular weight excluding hydrogens is 934 g/mol. The maximum Gasteiger partial charge on any atom is 2.00 e. The van der Waals surface area contributed by atoms with Gasteiger partial charge in [0.1, 0.15) is 0 Å². The Morgan fingerprint density at radius 1 is 0.262 bits per heavy atom. The first-order chi connectivity index (χ1) is 31.3. The zero-order chi connectivity index (χ0) is 47.1. The van der Waals surface area contributed by atoms with E-state index < -0.39 is 11.9 Å². The van der Waals surface area contributed by atoms with E-state index in [1.54, 1.807) is 0 Å². The molecule has 0 unspecified atom stereocenters. The zero-order valence-electron chi connectivity index (χ0n) is 43.5. The van der Waals surface area contributed by atoms with E-state index in [0.717, 1.165) is 90.1 Å². The average Bonchev–Trinajstić information content (AvgIpc) is 3.27. The van der Waals surface area contributed by atoms with Gasteiger partial charge in [0.25, 0.3) is 0 Å². The summed E-state index contributed by atoms with van der Waals surface area (Å²) in [4.78, 5) is 44.3. The molecule has 0 bridgehead atoms. The monoisotopic (exact) mass is 1040 g/mol. The van der Waals surface area contributed by atoms with Gasteiger partial charge in [-0.25, -0.2) is 0 Å². The Hall–Kier alpha value is -0.549. The largest absolute Gasteiger partial charge is 2.00 e. The van der Waals surface area contributed by atoms with Gasteiger partial charge in [0.05, 0.1) is 0 Å². The van der Waals surface area contributed by atoms with Crippen LogP contribution in [0.4, 0.5) is 0 Å². The average molecular weight is 1040 g/mol. The minimum atomic E-state index is -0.953. The van der Waals surface area contributed by atoms with Gasteiger partial charge in [-0.05, 0) is 51.4 Å². The molecule has 0 saturated heterocycles. The summed E-state index contributed by atoms with van der Waals surface area (Å²) in [7, 11) is 0. The van der Waals surface area contributed by atoms with Crippen LogP contribution in [0.5, 0.6) is 0 Å². The molecule has 0 radical (unpaired) electrons. The molecule has 65 heavy (non-hydrogen) atoms. The number of amides is 2. The fourth-order valence-corrected chi connectivity index (χ4v) is 8.50. The van der Waals surface area contributed by atoms with E-state index in [2.05, 4.69) is 24.5 Å². The first kappa shape index (κ1) is 68.7. The molecule has 0 aliphatic heterocycles. The SMILES string of the molecule is CCCCCCCCCCCCCCCCCCNC(=O)CCCCCCCCC(=O)[O-].CCCCCCCCCCCCCCCCCCNC(=O)CCCCCCCCC(=O)[O-].[Ba+2]. The van der Waals surface area contributed by atoms with Crippen molar-refractivity contribution in [1.82, 2.24) is 10.6 Å². The summed E-state index contributed by atoms with van der Waals surface area (Å²) in [5.41, 5.74) is 0. The summed E-state index contributed by atoms with van der Waals surface area (Å²) in [6, 6.07) is 0. The summed E-state index contributed by atoms with van der Waals surface area (Å²) >= 11 is 0. The fourth-order valence-electron chi connectivity index (χ4n) is 8.50. The van der Waals surface area contributed by atoms with Gasteiger partial charge in [0, 0.05) is 37.9 Å². The van der Waals surface area contributed by atoms with Gasteiger partial charge >= 0.3 is 48.9 Å². The van der Waals surface area contributed by atoms with Crippen LogP contribution >= 0.6 is 0 Å². The van der Waals surface area contributed by atoms with E-state index in [4.69, 9.17) is 0 Å². The normalized spacial score (nSPS) is 10.9. The predicted molar refractivity (Wildman–Crippen MR) is 275 cm³/mol. The number of carbonyl (C=O) groups excluding carboxylic acids is 4. The molecule has 0 aromatic rings. The minimum Gasteiger partial charge on any atom is -0.550 e. The maximum absolute atomic E-state index is 11.8. The van der Waals surface area contributed by atoms with Gasteiger partial charge < -0.3 is 30.4 Å². The van der Waals surface area contributed by atoms with Crippen molar-refractivity contribution < 1.29 is 29.4 Å². The molecule has 0 heterocycles. The molecule has 2 N–H and O–H groups in total. The minimum absolute atomic E-state index is 0. The van der Waals surface area contributed by atoms with Crippen molar-refractivity contribution in [2.45, 2.75) is 322 Å². The number of hydrogen-bond donors (Lipinski definition) is 2. The zero-order valence-corrected chi connectivity index (χ0v) is 48.0. The number of hydrogen-bond acceptors (Lipinski definition) is 6. The van der Waals surface area contributed by atoms with Crippen LogP contribution in [0.1, 0.15) is 322 Å². The van der Waals surface area contributed by atoms with Gasteiger partial charge in [-0.3, -0.25) is 9.59 Å². The molecule has 8 nitrogen and oxygen atoms in total. The Kier molecular flexibility index (Phi) is 65.0. The number of carbonyl (C=O) groups is 4. The summed E-state index contributed by atoms with van der Waals surface area (Å²) in [5, 5.41) is 26.7. The van der Waals surface area contributed by atoms with E-state index in [0.29, 0.717) is 25.7 Å². The van der Waals surface area contributed by atoms with Crippen LogP contribution in [0.25, 0.3) is 0 Å². The van der Waals surface area contributed by atoms with Crippen molar-refractivity contribution in [2.75, 3.05) is 13.1 Å². The van der Waals surface area contributed by atoms with Gasteiger partial charge in [0.2, 0.25) is 11.8 Å². The molecule has 380 valence electrons. The molecule has 0 rings (SSSR count). The smallest absolute Gasteiger partial charge is 0.550 e. The first-order valence-corrected chi connectivity index (χ1v) is 28.3. The van der Waals surface area contributed by atoms with Crippen LogP contribution in [0, 0.1) is 0 Å². The number of nitrogens with one attached hydrogen (secondary N) is 2. The summed E-state index contributed by atoms with van der Waals surface area (Å²) < 4.78 is 0. The van der Waals surface area contributed by atoms with Crippen molar-refractivity contribution in [3.05, 3.63) is 0 Å². The topological polar surface area (TPSA) is 138 Å². The molecular formula is C56H108BaN2O6. The number of carboxylic acid groups (broad SMARTS) is 2. The van der Waals surface area contributed by atoms with Gasteiger partial charge in [-0.2, -0.15) is 0 Å². The van der Waals surface area contributed by atoms with Crippen molar-refractivity contribution in [3.8, 4) is 0 Å². The first-order valence-electron chi connectivity index (χ1n) is 28.3. The van der Waals surface area contributed by atoms with Crippen LogP contribution in [0.15, 0.2) is 0 Å². The molecule has 0 aromatic heterocycles. The Labute approximate surface area is 444 Å². The third-order valence-corrected chi connectivity index (χ3v) is 12.8. The maximum atomic E-state index is 11.8. The number of aliphatic carboxylic acids is 2. The second kappa shape index (κ2) is 61.5. The number of unbranched alkanes of at least 4 members (excludes halogenated alkanes) is 40. The molecule has 0 aromatic carbocycles. The Balaban J connectivity index is -0.00000116. The molecule has 0 spiro atoms.